The standard InChI is InChI=1S/C13H23NO4/c1-9(2)13(11(16)17)6-7-14(8-13)10(15)12(3,4)18-5/h9H,6-8H2,1-5H3,(H,16,17). The first-order chi connectivity index (χ1) is 8.17. The smallest absolute Gasteiger partial charge is 0.311 e. The molecular weight excluding hydrogens is 234 g/mol. The minimum atomic E-state index is -0.897. The van der Waals surface area contributed by atoms with E-state index in [9.17, 15) is 14.7 Å². The maximum absolute atomic E-state index is 12.2. The summed E-state index contributed by atoms with van der Waals surface area (Å²) >= 11 is 0. The molecule has 1 atom stereocenters. The summed E-state index contributed by atoms with van der Waals surface area (Å²) in [6.07, 6.45) is 0.505. The first-order valence-electron chi connectivity index (χ1n) is 6.25. The normalized spacial score (nSPS) is 24.7. The Hall–Kier alpha value is -1.10. The lowest BCUT2D eigenvalue weighted by atomic mass is 9.76. The van der Waals surface area contributed by atoms with Crippen LogP contribution in [0.25, 0.3) is 0 Å². The van der Waals surface area contributed by atoms with Crippen LogP contribution >= 0.6 is 0 Å². The lowest BCUT2D eigenvalue weighted by molar-refractivity contribution is -0.154. The third-order valence-corrected chi connectivity index (χ3v) is 4.14. The number of aliphatic carboxylic acids is 1. The van der Waals surface area contributed by atoms with Gasteiger partial charge in [0.2, 0.25) is 0 Å². The molecular formula is C13H23NO4. The highest BCUT2D eigenvalue weighted by Gasteiger charge is 2.50. The second-order valence-corrected chi connectivity index (χ2v) is 5.81. The molecule has 0 radical (unpaired) electrons. The van der Waals surface area contributed by atoms with Crippen LogP contribution in [0.4, 0.5) is 0 Å². The molecule has 1 saturated heterocycles. The minimum absolute atomic E-state index is 0.00143. The zero-order chi connectivity index (χ0) is 14.1. The number of amides is 1. The first-order valence-corrected chi connectivity index (χ1v) is 6.25. The van der Waals surface area contributed by atoms with E-state index in [2.05, 4.69) is 0 Å². The molecule has 18 heavy (non-hydrogen) atoms. The molecule has 1 aliphatic rings. The second kappa shape index (κ2) is 4.88. The number of hydrogen-bond donors (Lipinski definition) is 1. The molecule has 1 amide bonds. The van der Waals surface area contributed by atoms with E-state index in [-0.39, 0.29) is 18.4 Å². The van der Waals surface area contributed by atoms with Crippen LogP contribution in [-0.2, 0) is 14.3 Å². The van der Waals surface area contributed by atoms with Crippen LogP contribution in [0, 0.1) is 11.3 Å². The van der Waals surface area contributed by atoms with Gasteiger partial charge in [0.05, 0.1) is 5.41 Å². The molecule has 0 aromatic carbocycles. The Kier molecular flexibility index (Phi) is 4.05. The Morgan fingerprint density at radius 3 is 2.28 bits per heavy atom. The van der Waals surface area contributed by atoms with E-state index in [4.69, 9.17) is 4.74 Å². The molecule has 0 aromatic heterocycles. The van der Waals surface area contributed by atoms with Crippen LogP contribution in [0.15, 0.2) is 0 Å². The summed E-state index contributed by atoms with van der Waals surface area (Å²) in [6, 6.07) is 0. The first kappa shape index (κ1) is 15.0. The van der Waals surface area contributed by atoms with Gasteiger partial charge in [-0.3, -0.25) is 9.59 Å². The molecule has 1 fully saturated rings. The molecule has 5 heteroatoms. The van der Waals surface area contributed by atoms with Gasteiger partial charge in [-0.15, -0.1) is 0 Å². The average Bonchev–Trinajstić information content (AvgIpc) is 2.74. The number of carboxylic acids is 1. The number of nitrogens with zero attached hydrogens (tertiary/aromatic N) is 1. The number of carboxylic acid groups (broad SMARTS) is 1. The van der Waals surface area contributed by atoms with Gasteiger partial charge in [0, 0.05) is 20.2 Å². The molecule has 0 spiro atoms. The van der Waals surface area contributed by atoms with E-state index in [0.29, 0.717) is 13.0 Å². The molecule has 0 aliphatic carbocycles. The van der Waals surface area contributed by atoms with E-state index < -0.39 is 17.0 Å². The van der Waals surface area contributed by atoms with Crippen LogP contribution in [0.5, 0.6) is 0 Å². The molecule has 1 rings (SSSR count). The predicted octanol–water partition coefficient (Wildman–Crippen LogP) is 1.37. The van der Waals surface area contributed by atoms with Gasteiger partial charge >= 0.3 is 5.97 Å². The summed E-state index contributed by atoms with van der Waals surface area (Å²) < 4.78 is 5.16. The molecule has 5 nitrogen and oxygen atoms in total. The molecule has 1 unspecified atom stereocenters. The topological polar surface area (TPSA) is 66.8 Å². The van der Waals surface area contributed by atoms with Crippen molar-refractivity contribution in [1.29, 1.82) is 0 Å². The molecule has 0 bridgehead atoms. The summed E-state index contributed by atoms with van der Waals surface area (Å²) in [6.45, 7) is 7.94. The maximum atomic E-state index is 12.2. The van der Waals surface area contributed by atoms with E-state index in [1.807, 2.05) is 13.8 Å². The average molecular weight is 257 g/mol. The van der Waals surface area contributed by atoms with Crippen molar-refractivity contribution >= 4 is 11.9 Å². The van der Waals surface area contributed by atoms with Gasteiger partial charge in [-0.25, -0.2) is 0 Å². The number of carbonyl (C=O) groups is 2. The summed E-state index contributed by atoms with van der Waals surface area (Å²) in [5, 5.41) is 9.42. The highest BCUT2D eigenvalue weighted by atomic mass is 16.5. The van der Waals surface area contributed by atoms with Crippen molar-refractivity contribution in [3.8, 4) is 0 Å². The van der Waals surface area contributed by atoms with Crippen molar-refractivity contribution < 1.29 is 19.4 Å². The van der Waals surface area contributed by atoms with Gasteiger partial charge in [-0.1, -0.05) is 13.8 Å². The highest BCUT2D eigenvalue weighted by Crippen LogP contribution is 2.39. The molecule has 104 valence electrons. The Morgan fingerprint density at radius 2 is 1.94 bits per heavy atom. The van der Waals surface area contributed by atoms with Crippen LogP contribution in [0.1, 0.15) is 34.1 Å². The quantitative estimate of drug-likeness (QED) is 0.826. The summed E-state index contributed by atoms with van der Waals surface area (Å²) in [4.78, 5) is 25.3. The van der Waals surface area contributed by atoms with Crippen molar-refractivity contribution in [1.82, 2.24) is 4.90 Å². The van der Waals surface area contributed by atoms with Crippen molar-refractivity contribution in [3.05, 3.63) is 0 Å². The van der Waals surface area contributed by atoms with Crippen LogP contribution < -0.4 is 0 Å². The third kappa shape index (κ3) is 2.36. The lowest BCUT2D eigenvalue weighted by Gasteiger charge is -2.31. The fourth-order valence-corrected chi connectivity index (χ4v) is 2.37. The van der Waals surface area contributed by atoms with Gasteiger partial charge in [0.15, 0.2) is 0 Å². The maximum Gasteiger partial charge on any atom is 0.311 e. The van der Waals surface area contributed by atoms with Crippen LogP contribution in [0.3, 0.4) is 0 Å². The monoisotopic (exact) mass is 257 g/mol. The van der Waals surface area contributed by atoms with Gasteiger partial charge in [0.25, 0.3) is 5.91 Å². The third-order valence-electron chi connectivity index (χ3n) is 4.14. The Morgan fingerprint density at radius 1 is 1.39 bits per heavy atom. The number of carbonyl (C=O) groups excluding carboxylic acids is 1. The van der Waals surface area contributed by atoms with Crippen LogP contribution in [-0.4, -0.2) is 47.7 Å². The number of likely N-dealkylation sites (tertiary alicyclic amines) is 1. The number of rotatable bonds is 4. The molecule has 1 N–H and O–H groups in total. The van der Waals surface area contributed by atoms with Crippen molar-refractivity contribution in [2.24, 2.45) is 11.3 Å². The number of hydrogen-bond acceptors (Lipinski definition) is 3. The fourth-order valence-electron chi connectivity index (χ4n) is 2.37. The van der Waals surface area contributed by atoms with Crippen molar-refractivity contribution in [2.75, 3.05) is 20.2 Å². The van der Waals surface area contributed by atoms with E-state index in [1.54, 1.807) is 18.7 Å². The number of ether oxygens (including phenoxy) is 1. The highest BCUT2D eigenvalue weighted by molar-refractivity contribution is 5.86. The van der Waals surface area contributed by atoms with Crippen molar-refractivity contribution in [3.63, 3.8) is 0 Å². The van der Waals surface area contributed by atoms with Gasteiger partial charge in [-0.05, 0) is 26.2 Å². The van der Waals surface area contributed by atoms with E-state index >= 15 is 0 Å². The molecule has 0 aromatic rings. The zero-order valence-electron chi connectivity index (χ0n) is 11.8. The SMILES string of the molecule is COC(C)(C)C(=O)N1CCC(C(=O)O)(C(C)C)C1. The zero-order valence-corrected chi connectivity index (χ0v) is 11.8. The Bertz CT molecular complexity index is 351. The van der Waals surface area contributed by atoms with Crippen molar-refractivity contribution in [2.45, 2.75) is 39.7 Å². The molecule has 1 aliphatic heterocycles. The molecule has 0 saturated carbocycles. The largest absolute Gasteiger partial charge is 0.481 e. The minimum Gasteiger partial charge on any atom is -0.481 e. The summed E-state index contributed by atoms with van der Waals surface area (Å²) in [5.41, 5.74) is -1.72. The van der Waals surface area contributed by atoms with E-state index in [0.717, 1.165) is 0 Å². The fraction of sp³-hybridized carbons (Fsp3) is 0.846. The van der Waals surface area contributed by atoms with Crippen LogP contribution in [0.2, 0.25) is 0 Å². The van der Waals surface area contributed by atoms with Gasteiger partial charge in [0.1, 0.15) is 5.60 Å². The van der Waals surface area contributed by atoms with Gasteiger partial charge < -0.3 is 14.7 Å². The molecule has 1 heterocycles. The van der Waals surface area contributed by atoms with E-state index in [1.165, 1.54) is 7.11 Å². The van der Waals surface area contributed by atoms with Gasteiger partial charge in [-0.2, -0.15) is 0 Å². The Balaban J connectivity index is 2.89. The lowest BCUT2D eigenvalue weighted by Crippen LogP contribution is -2.47. The summed E-state index contributed by atoms with van der Waals surface area (Å²) in [5.74, 6) is -0.963. The number of methoxy groups -OCH3 is 1. The summed E-state index contributed by atoms with van der Waals surface area (Å²) in [7, 11) is 1.49. The predicted molar refractivity (Wildman–Crippen MR) is 67.2 cm³/mol. The Labute approximate surface area is 108 Å². The second-order valence-electron chi connectivity index (χ2n) is 5.81.